The zero-order chi connectivity index (χ0) is 17.8. The third-order valence-electron chi connectivity index (χ3n) is 3.78. The minimum atomic E-state index is -0.411. The number of rotatable bonds is 7. The number of thiophene rings is 1. The van der Waals surface area contributed by atoms with Gasteiger partial charge in [0.1, 0.15) is 4.70 Å². The van der Waals surface area contributed by atoms with Crippen LogP contribution in [0.2, 0.25) is 0 Å². The molecule has 0 unspecified atom stereocenters. The number of thioether (sulfide) groups is 1. The number of nitrogens with zero attached hydrogens (tertiary/aromatic N) is 3. The second-order valence-electron chi connectivity index (χ2n) is 5.55. The van der Waals surface area contributed by atoms with Gasteiger partial charge < -0.3 is 0 Å². The first-order valence-electron chi connectivity index (χ1n) is 7.94. The number of non-ortho nitro benzene ring substituents is 1. The third-order valence-corrected chi connectivity index (χ3v) is 5.72. The zero-order valence-electron chi connectivity index (χ0n) is 13.7. The third kappa shape index (κ3) is 3.91. The molecule has 0 aliphatic carbocycles. The van der Waals surface area contributed by atoms with Crippen molar-refractivity contribution in [2.45, 2.75) is 37.2 Å². The Balaban J connectivity index is 1.86. The fourth-order valence-electron chi connectivity index (χ4n) is 2.41. The van der Waals surface area contributed by atoms with Gasteiger partial charge in [-0.05, 0) is 23.4 Å². The van der Waals surface area contributed by atoms with E-state index in [1.165, 1.54) is 35.2 Å². The van der Waals surface area contributed by atoms with E-state index in [1.807, 2.05) is 11.4 Å². The second kappa shape index (κ2) is 7.79. The number of benzene rings is 1. The summed E-state index contributed by atoms with van der Waals surface area (Å²) in [6, 6.07) is 8.33. The van der Waals surface area contributed by atoms with Crippen LogP contribution < -0.4 is 5.56 Å². The van der Waals surface area contributed by atoms with Crippen LogP contribution in [0.1, 0.15) is 25.3 Å². The Labute approximate surface area is 152 Å². The highest BCUT2D eigenvalue weighted by Gasteiger charge is 2.13. The molecule has 0 bridgehead atoms. The summed E-state index contributed by atoms with van der Waals surface area (Å²) in [5.41, 5.74) is 1.78. The lowest BCUT2D eigenvalue weighted by Crippen LogP contribution is -2.22. The molecule has 6 nitrogen and oxygen atoms in total. The van der Waals surface area contributed by atoms with E-state index in [-0.39, 0.29) is 11.2 Å². The van der Waals surface area contributed by atoms with Gasteiger partial charge in [-0.2, -0.15) is 0 Å². The van der Waals surface area contributed by atoms with E-state index in [0.717, 1.165) is 23.9 Å². The molecule has 0 atom stereocenters. The number of fused-ring (bicyclic) bond motifs is 1. The molecule has 8 heteroatoms. The van der Waals surface area contributed by atoms with E-state index in [9.17, 15) is 14.9 Å². The molecule has 25 heavy (non-hydrogen) atoms. The van der Waals surface area contributed by atoms with Gasteiger partial charge in [0, 0.05) is 24.4 Å². The minimum Gasteiger partial charge on any atom is -0.286 e. The fraction of sp³-hybridized carbons (Fsp3) is 0.294. The summed E-state index contributed by atoms with van der Waals surface area (Å²) < 4.78 is 2.44. The van der Waals surface area contributed by atoms with Crippen molar-refractivity contribution in [2.24, 2.45) is 0 Å². The number of nitro benzene ring substituents is 1. The normalized spacial score (nSPS) is 11.1. The van der Waals surface area contributed by atoms with Crippen LogP contribution in [0.25, 0.3) is 10.2 Å². The van der Waals surface area contributed by atoms with Crippen LogP contribution in [0.15, 0.2) is 45.7 Å². The highest BCUT2D eigenvalue weighted by molar-refractivity contribution is 7.98. The summed E-state index contributed by atoms with van der Waals surface area (Å²) in [5.74, 6) is 0.603. The lowest BCUT2D eigenvalue weighted by Gasteiger charge is -2.11. The van der Waals surface area contributed by atoms with Crippen LogP contribution in [0, 0.1) is 10.1 Å². The molecule has 0 amide bonds. The van der Waals surface area contributed by atoms with Crippen molar-refractivity contribution in [1.29, 1.82) is 0 Å². The lowest BCUT2D eigenvalue weighted by molar-refractivity contribution is -0.384. The predicted octanol–water partition coefficient (Wildman–Crippen LogP) is 4.46. The molecule has 130 valence electrons. The molecule has 3 rings (SSSR count). The molecule has 0 spiro atoms. The average molecular weight is 375 g/mol. The van der Waals surface area contributed by atoms with Crippen LogP contribution in [0.5, 0.6) is 0 Å². The van der Waals surface area contributed by atoms with Gasteiger partial charge in [0.25, 0.3) is 11.2 Å². The Morgan fingerprint density at radius 2 is 2.04 bits per heavy atom. The Kier molecular flexibility index (Phi) is 5.50. The first-order chi connectivity index (χ1) is 12.1. The predicted molar refractivity (Wildman–Crippen MR) is 101 cm³/mol. The quantitative estimate of drug-likeness (QED) is 0.264. The highest BCUT2D eigenvalue weighted by atomic mass is 32.2. The Morgan fingerprint density at radius 3 is 2.72 bits per heavy atom. The Bertz CT molecular complexity index is 948. The van der Waals surface area contributed by atoms with Crippen molar-refractivity contribution in [3.8, 4) is 0 Å². The molecule has 0 aliphatic rings. The molecule has 0 fully saturated rings. The molecular formula is C17H17N3O3S2. The summed E-state index contributed by atoms with van der Waals surface area (Å²) in [5, 5.41) is 13.3. The Morgan fingerprint density at radius 1 is 1.28 bits per heavy atom. The van der Waals surface area contributed by atoms with Crippen LogP contribution in [0.4, 0.5) is 5.69 Å². The Hall–Kier alpha value is -2.19. The van der Waals surface area contributed by atoms with Gasteiger partial charge in [0.15, 0.2) is 5.16 Å². The van der Waals surface area contributed by atoms with Crippen molar-refractivity contribution in [2.75, 3.05) is 0 Å². The maximum atomic E-state index is 12.7. The van der Waals surface area contributed by atoms with E-state index in [1.54, 1.807) is 16.7 Å². The van der Waals surface area contributed by atoms with Gasteiger partial charge in [-0.25, -0.2) is 4.98 Å². The van der Waals surface area contributed by atoms with Crippen LogP contribution in [0.3, 0.4) is 0 Å². The van der Waals surface area contributed by atoms with Crippen molar-refractivity contribution in [3.63, 3.8) is 0 Å². The minimum absolute atomic E-state index is 0.0136. The van der Waals surface area contributed by atoms with Crippen LogP contribution >= 0.6 is 23.1 Å². The van der Waals surface area contributed by atoms with Crippen LogP contribution in [-0.2, 0) is 12.3 Å². The largest absolute Gasteiger partial charge is 0.286 e. The average Bonchev–Trinajstić information content (AvgIpc) is 3.08. The first kappa shape index (κ1) is 17.6. The number of hydrogen-bond donors (Lipinski definition) is 0. The van der Waals surface area contributed by atoms with Crippen LogP contribution in [-0.4, -0.2) is 14.5 Å². The molecule has 0 N–H and O–H groups in total. The molecule has 0 aliphatic heterocycles. The highest BCUT2D eigenvalue weighted by Crippen LogP contribution is 2.25. The van der Waals surface area contributed by atoms with Crippen molar-refractivity contribution in [1.82, 2.24) is 9.55 Å². The molecule has 0 saturated carbocycles. The zero-order valence-corrected chi connectivity index (χ0v) is 15.3. The van der Waals surface area contributed by atoms with Crippen molar-refractivity contribution >= 4 is 39.0 Å². The topological polar surface area (TPSA) is 78.0 Å². The number of aromatic nitrogens is 2. The summed E-state index contributed by atoms with van der Waals surface area (Å²) >= 11 is 2.90. The molecule has 3 aromatic rings. The lowest BCUT2D eigenvalue weighted by atomic mass is 10.2. The number of hydrogen-bond acceptors (Lipinski definition) is 6. The summed E-state index contributed by atoms with van der Waals surface area (Å²) in [6.07, 6.45) is 1.92. The van der Waals surface area contributed by atoms with E-state index in [2.05, 4.69) is 11.9 Å². The summed E-state index contributed by atoms with van der Waals surface area (Å²) in [7, 11) is 0. The summed E-state index contributed by atoms with van der Waals surface area (Å²) in [4.78, 5) is 27.6. The monoisotopic (exact) mass is 375 g/mol. The number of unbranched alkanes of at least 4 members (excludes halogenated alkanes) is 1. The van der Waals surface area contributed by atoms with Gasteiger partial charge in [-0.3, -0.25) is 19.5 Å². The summed E-state index contributed by atoms with van der Waals surface area (Å²) in [6.45, 7) is 2.74. The van der Waals surface area contributed by atoms with Gasteiger partial charge >= 0.3 is 0 Å². The van der Waals surface area contributed by atoms with Gasteiger partial charge in [0.2, 0.25) is 0 Å². The van der Waals surface area contributed by atoms with Crippen molar-refractivity contribution < 1.29 is 4.92 Å². The van der Waals surface area contributed by atoms with Gasteiger partial charge in [-0.15, -0.1) is 11.3 Å². The fourth-order valence-corrected chi connectivity index (χ4v) is 4.17. The molecule has 2 aromatic heterocycles. The van der Waals surface area contributed by atoms with E-state index < -0.39 is 4.92 Å². The molecule has 0 radical (unpaired) electrons. The smallest absolute Gasteiger partial charge is 0.272 e. The SMILES string of the molecule is CCCCn1c(SCc2ccc([N+](=O)[O-])cc2)nc2ccsc2c1=O. The van der Waals surface area contributed by atoms with Gasteiger partial charge in [-0.1, -0.05) is 37.2 Å². The maximum absolute atomic E-state index is 12.7. The second-order valence-corrected chi connectivity index (χ2v) is 7.41. The van der Waals surface area contributed by atoms with E-state index >= 15 is 0 Å². The molecular weight excluding hydrogens is 358 g/mol. The maximum Gasteiger partial charge on any atom is 0.272 e. The standard InChI is InChI=1S/C17H17N3O3S2/c1-2-3-9-19-16(21)15-14(8-10-24-15)18-17(19)25-11-12-4-6-13(7-5-12)20(22)23/h4-8,10H,2-3,9,11H2,1H3. The molecule has 0 saturated heterocycles. The number of nitro groups is 1. The first-order valence-corrected chi connectivity index (χ1v) is 9.81. The molecule has 1 aromatic carbocycles. The van der Waals surface area contributed by atoms with Crippen molar-refractivity contribution in [3.05, 3.63) is 61.7 Å². The van der Waals surface area contributed by atoms with E-state index in [0.29, 0.717) is 22.2 Å². The molecule has 2 heterocycles. The van der Waals surface area contributed by atoms with E-state index in [4.69, 9.17) is 0 Å². The van der Waals surface area contributed by atoms with Gasteiger partial charge in [0.05, 0.1) is 10.4 Å².